The number of anilines is 1. The van der Waals surface area contributed by atoms with Crippen molar-refractivity contribution >= 4 is 34.2 Å². The molecule has 1 aromatic heterocycles. The minimum Gasteiger partial charge on any atom is -0.481 e. The first-order valence-electron chi connectivity index (χ1n) is 8.46. The molecule has 2 N–H and O–H groups in total. The molecule has 7 heteroatoms. The maximum Gasteiger partial charge on any atom is 0.341 e. The minimum atomic E-state index is -0.979. The van der Waals surface area contributed by atoms with Gasteiger partial charge in [-0.15, -0.1) is 11.3 Å². The Hall–Kier alpha value is -2.15. The summed E-state index contributed by atoms with van der Waals surface area (Å²) in [6.07, 6.45) is 6.06. The van der Waals surface area contributed by atoms with Crippen molar-refractivity contribution in [2.24, 2.45) is 11.8 Å². The summed E-state index contributed by atoms with van der Waals surface area (Å²) < 4.78 is 5.06. The first-order valence-corrected chi connectivity index (χ1v) is 9.28. The van der Waals surface area contributed by atoms with E-state index >= 15 is 0 Å². The molecule has 0 bridgehead atoms. The zero-order chi connectivity index (χ0) is 18.4. The number of aliphatic carboxylic acids is 1. The van der Waals surface area contributed by atoms with Crippen molar-refractivity contribution in [3.63, 3.8) is 0 Å². The summed E-state index contributed by atoms with van der Waals surface area (Å²) in [4.78, 5) is 37.1. The number of hydrogen-bond acceptors (Lipinski definition) is 5. The molecule has 0 unspecified atom stereocenters. The summed E-state index contributed by atoms with van der Waals surface area (Å²) in [5.74, 6) is -3.21. The van der Waals surface area contributed by atoms with Crippen molar-refractivity contribution in [1.29, 1.82) is 0 Å². The van der Waals surface area contributed by atoms with Crippen molar-refractivity contribution in [2.75, 3.05) is 11.9 Å². The van der Waals surface area contributed by atoms with Gasteiger partial charge in [0.15, 0.2) is 0 Å². The third-order valence-electron chi connectivity index (χ3n) is 4.10. The lowest BCUT2D eigenvalue weighted by atomic mass is 9.82. The summed E-state index contributed by atoms with van der Waals surface area (Å²) in [7, 11) is 0. The van der Waals surface area contributed by atoms with Crippen molar-refractivity contribution in [1.82, 2.24) is 0 Å². The molecule has 1 aromatic rings. The van der Waals surface area contributed by atoms with E-state index in [9.17, 15) is 19.5 Å². The van der Waals surface area contributed by atoms with E-state index in [0.717, 1.165) is 17.7 Å². The second-order valence-corrected chi connectivity index (χ2v) is 7.05. The number of allylic oxidation sites excluding steroid dienone is 2. The largest absolute Gasteiger partial charge is 0.481 e. The van der Waals surface area contributed by atoms with E-state index in [1.807, 2.05) is 13.0 Å². The second-order valence-electron chi connectivity index (χ2n) is 5.91. The molecule has 0 saturated carbocycles. The molecule has 1 aliphatic carbocycles. The van der Waals surface area contributed by atoms with Crippen LogP contribution < -0.4 is 5.32 Å². The number of rotatable bonds is 7. The zero-order valence-corrected chi connectivity index (χ0v) is 15.2. The molecular formula is C18H23NO5S. The summed E-state index contributed by atoms with van der Waals surface area (Å²) in [5.41, 5.74) is 0.335. The zero-order valence-electron chi connectivity index (χ0n) is 14.4. The van der Waals surface area contributed by atoms with Crippen LogP contribution in [0.2, 0.25) is 0 Å². The van der Waals surface area contributed by atoms with Crippen molar-refractivity contribution in [2.45, 2.75) is 39.5 Å². The standard InChI is InChI=1S/C18H23NO5S/c1-3-7-11-10-14(18(23)24-4-2)16(25-11)19-15(20)12-8-5-6-9-13(12)17(21)22/h5-6,10,12-13H,3-4,7-9H2,1-2H3,(H,19,20)(H,21,22)/t12-,13+/m0/s1. The van der Waals surface area contributed by atoms with E-state index in [-0.39, 0.29) is 12.5 Å². The Balaban J connectivity index is 2.22. The van der Waals surface area contributed by atoms with Crippen molar-refractivity contribution < 1.29 is 24.2 Å². The van der Waals surface area contributed by atoms with Gasteiger partial charge in [0.2, 0.25) is 5.91 Å². The normalized spacial score (nSPS) is 19.4. The van der Waals surface area contributed by atoms with Gasteiger partial charge in [0.1, 0.15) is 5.00 Å². The number of carbonyl (C=O) groups excluding carboxylic acids is 2. The number of amides is 1. The fourth-order valence-electron chi connectivity index (χ4n) is 2.85. The van der Waals surface area contributed by atoms with Crippen LogP contribution >= 0.6 is 11.3 Å². The molecule has 25 heavy (non-hydrogen) atoms. The van der Waals surface area contributed by atoms with Gasteiger partial charge in [0.05, 0.1) is 24.0 Å². The number of esters is 1. The highest BCUT2D eigenvalue weighted by Gasteiger charge is 2.34. The molecule has 0 fully saturated rings. The molecule has 6 nitrogen and oxygen atoms in total. The fraction of sp³-hybridized carbons (Fsp3) is 0.500. The summed E-state index contributed by atoms with van der Waals surface area (Å²) in [6, 6.07) is 1.75. The van der Waals surface area contributed by atoms with Gasteiger partial charge in [-0.1, -0.05) is 25.5 Å². The number of aryl methyl sites for hydroxylation is 1. The molecule has 2 rings (SSSR count). The summed E-state index contributed by atoms with van der Waals surface area (Å²) >= 11 is 1.34. The van der Waals surface area contributed by atoms with E-state index in [1.54, 1.807) is 19.1 Å². The quantitative estimate of drug-likeness (QED) is 0.570. The Labute approximate surface area is 150 Å². The third kappa shape index (κ3) is 4.69. The van der Waals surface area contributed by atoms with Gasteiger partial charge < -0.3 is 15.2 Å². The van der Waals surface area contributed by atoms with Gasteiger partial charge in [-0.2, -0.15) is 0 Å². The minimum absolute atomic E-state index is 0.250. The van der Waals surface area contributed by atoms with Crippen LogP contribution in [0, 0.1) is 11.8 Å². The second kappa shape index (κ2) is 8.80. The Morgan fingerprint density at radius 1 is 1.24 bits per heavy atom. The van der Waals surface area contributed by atoms with Crippen molar-refractivity contribution in [3.05, 3.63) is 28.7 Å². The predicted octanol–water partition coefficient (Wildman–Crippen LogP) is 3.48. The molecular weight excluding hydrogens is 342 g/mol. The Bertz CT molecular complexity index is 679. The maximum absolute atomic E-state index is 12.6. The number of ether oxygens (including phenoxy) is 1. The first-order chi connectivity index (χ1) is 12.0. The highest BCUT2D eigenvalue weighted by Crippen LogP contribution is 2.32. The molecule has 0 spiro atoms. The lowest BCUT2D eigenvalue weighted by Gasteiger charge is -2.24. The number of carbonyl (C=O) groups is 3. The molecule has 1 amide bonds. The maximum atomic E-state index is 12.6. The molecule has 0 aromatic carbocycles. The average Bonchev–Trinajstić information content (AvgIpc) is 2.98. The fourth-order valence-corrected chi connectivity index (χ4v) is 4.00. The highest BCUT2D eigenvalue weighted by molar-refractivity contribution is 7.16. The third-order valence-corrected chi connectivity index (χ3v) is 5.21. The molecule has 2 atom stereocenters. The van der Waals surface area contributed by atoms with Gasteiger partial charge in [-0.25, -0.2) is 4.79 Å². The lowest BCUT2D eigenvalue weighted by molar-refractivity contribution is -0.146. The number of thiophene rings is 1. The van der Waals surface area contributed by atoms with E-state index in [1.165, 1.54) is 11.3 Å². The Morgan fingerprint density at radius 3 is 2.52 bits per heavy atom. The van der Waals surface area contributed by atoms with Gasteiger partial charge in [0, 0.05) is 4.88 Å². The van der Waals surface area contributed by atoms with Gasteiger partial charge >= 0.3 is 11.9 Å². The predicted molar refractivity (Wildman–Crippen MR) is 95.9 cm³/mol. The monoisotopic (exact) mass is 365 g/mol. The van der Waals surface area contributed by atoms with Gasteiger partial charge in [-0.05, 0) is 32.3 Å². The number of hydrogen-bond donors (Lipinski definition) is 2. The smallest absolute Gasteiger partial charge is 0.341 e. The highest BCUT2D eigenvalue weighted by atomic mass is 32.1. The topological polar surface area (TPSA) is 92.7 Å². The molecule has 1 aliphatic rings. The molecule has 0 aliphatic heterocycles. The SMILES string of the molecule is CCCc1cc(C(=O)OCC)c(NC(=O)[C@H]2CC=CC[C@H]2C(=O)O)s1. The molecule has 136 valence electrons. The van der Waals surface area contributed by atoms with Crippen LogP contribution in [0.5, 0.6) is 0 Å². The summed E-state index contributed by atoms with van der Waals surface area (Å²) in [6.45, 7) is 4.01. The van der Waals surface area contributed by atoms with Crippen LogP contribution in [-0.4, -0.2) is 29.6 Å². The molecule has 0 radical (unpaired) electrons. The molecule has 0 saturated heterocycles. The van der Waals surface area contributed by atoms with Gasteiger partial charge in [-0.3, -0.25) is 9.59 Å². The van der Waals surface area contributed by atoms with E-state index in [0.29, 0.717) is 23.4 Å². The van der Waals surface area contributed by atoms with Crippen LogP contribution in [0.25, 0.3) is 0 Å². The Kier molecular flexibility index (Phi) is 6.75. The van der Waals surface area contributed by atoms with Crippen molar-refractivity contribution in [3.8, 4) is 0 Å². The van der Waals surface area contributed by atoms with Gasteiger partial charge in [0.25, 0.3) is 0 Å². The van der Waals surface area contributed by atoms with Crippen LogP contribution in [0.3, 0.4) is 0 Å². The molecule has 1 heterocycles. The van der Waals surface area contributed by atoms with Crippen LogP contribution in [-0.2, 0) is 20.7 Å². The average molecular weight is 365 g/mol. The first kappa shape index (κ1) is 19.2. The van der Waals surface area contributed by atoms with Crippen LogP contribution in [0.4, 0.5) is 5.00 Å². The lowest BCUT2D eigenvalue weighted by Crippen LogP contribution is -2.34. The van der Waals surface area contributed by atoms with E-state index in [4.69, 9.17) is 4.74 Å². The number of carboxylic acid groups (broad SMARTS) is 1. The van der Waals surface area contributed by atoms with Crippen LogP contribution in [0.1, 0.15) is 48.3 Å². The van der Waals surface area contributed by atoms with Crippen LogP contribution in [0.15, 0.2) is 18.2 Å². The Morgan fingerprint density at radius 2 is 1.92 bits per heavy atom. The summed E-state index contributed by atoms with van der Waals surface area (Å²) in [5, 5.41) is 12.5. The van der Waals surface area contributed by atoms with E-state index in [2.05, 4.69) is 5.32 Å². The van der Waals surface area contributed by atoms with E-state index < -0.39 is 23.8 Å². The number of nitrogens with one attached hydrogen (secondary N) is 1. The number of carboxylic acids is 1.